The van der Waals surface area contributed by atoms with Gasteiger partial charge in [0, 0.05) is 18.0 Å². The van der Waals surface area contributed by atoms with Crippen LogP contribution >= 0.6 is 0 Å². The van der Waals surface area contributed by atoms with Crippen molar-refractivity contribution in [3.63, 3.8) is 0 Å². The van der Waals surface area contributed by atoms with Crippen LogP contribution < -0.4 is 4.74 Å². The average Bonchev–Trinajstić information content (AvgIpc) is 2.32. The molecule has 0 spiro atoms. The number of hydrogen-bond acceptors (Lipinski definition) is 3. The largest absolute Gasteiger partial charge is 0.477 e. The van der Waals surface area contributed by atoms with Gasteiger partial charge in [-0.2, -0.15) is 0 Å². The van der Waals surface area contributed by atoms with Crippen molar-refractivity contribution in [2.45, 2.75) is 13.8 Å². The number of aryl methyl sites for hydroxylation is 2. The van der Waals surface area contributed by atoms with Crippen molar-refractivity contribution in [1.29, 1.82) is 0 Å². The Morgan fingerprint density at radius 2 is 1.89 bits per heavy atom. The van der Waals surface area contributed by atoms with Crippen molar-refractivity contribution in [3.05, 3.63) is 53.3 Å². The topological polar surface area (TPSA) is 59.4 Å². The number of benzene rings is 1. The van der Waals surface area contributed by atoms with Crippen molar-refractivity contribution in [1.82, 2.24) is 4.98 Å². The van der Waals surface area contributed by atoms with Crippen molar-refractivity contribution in [2.24, 2.45) is 0 Å². The minimum Gasteiger partial charge on any atom is -0.477 e. The molecule has 0 atom stereocenters. The van der Waals surface area contributed by atoms with Gasteiger partial charge < -0.3 is 9.84 Å². The molecule has 1 heterocycles. The first-order valence-electron chi connectivity index (χ1n) is 5.51. The van der Waals surface area contributed by atoms with E-state index in [1.165, 1.54) is 6.20 Å². The smallest absolute Gasteiger partial charge is 0.341 e. The lowest BCUT2D eigenvalue weighted by molar-refractivity contribution is 0.0693. The number of carboxylic acid groups (broad SMARTS) is 1. The van der Waals surface area contributed by atoms with E-state index in [9.17, 15) is 4.79 Å². The van der Waals surface area contributed by atoms with E-state index in [1.54, 1.807) is 25.1 Å². The molecular weight excluding hydrogens is 230 g/mol. The van der Waals surface area contributed by atoms with E-state index in [0.29, 0.717) is 17.2 Å². The van der Waals surface area contributed by atoms with Gasteiger partial charge in [0.1, 0.15) is 17.1 Å². The summed E-state index contributed by atoms with van der Waals surface area (Å²) in [6.07, 6.45) is 1.31. The highest BCUT2D eigenvalue weighted by Gasteiger charge is 2.12. The number of ether oxygens (including phenoxy) is 1. The molecule has 2 aromatic rings. The third-order valence-corrected chi connectivity index (χ3v) is 2.48. The quantitative estimate of drug-likeness (QED) is 0.899. The molecule has 0 aliphatic rings. The van der Waals surface area contributed by atoms with Gasteiger partial charge in [0.05, 0.1) is 0 Å². The summed E-state index contributed by atoms with van der Waals surface area (Å²) in [7, 11) is 0. The minimum absolute atomic E-state index is 0.0566. The molecular formula is C14H13NO3. The number of nitrogens with zero attached hydrogens (tertiary/aromatic N) is 1. The van der Waals surface area contributed by atoms with E-state index >= 15 is 0 Å². The van der Waals surface area contributed by atoms with Crippen LogP contribution in [0, 0.1) is 13.8 Å². The molecule has 0 aliphatic carbocycles. The van der Waals surface area contributed by atoms with E-state index < -0.39 is 5.97 Å². The summed E-state index contributed by atoms with van der Waals surface area (Å²) in [5.74, 6) is -0.142. The van der Waals surface area contributed by atoms with Crippen LogP contribution in [0.15, 0.2) is 36.5 Å². The van der Waals surface area contributed by atoms with Gasteiger partial charge in [-0.25, -0.2) is 4.79 Å². The number of carbonyl (C=O) groups is 1. The monoisotopic (exact) mass is 243 g/mol. The number of carboxylic acids is 1. The molecule has 0 radical (unpaired) electrons. The Morgan fingerprint density at radius 1 is 1.22 bits per heavy atom. The van der Waals surface area contributed by atoms with Crippen LogP contribution in [0.4, 0.5) is 0 Å². The van der Waals surface area contributed by atoms with E-state index in [1.807, 2.05) is 19.1 Å². The number of hydrogen-bond donors (Lipinski definition) is 1. The zero-order chi connectivity index (χ0) is 13.1. The van der Waals surface area contributed by atoms with Crippen LogP contribution in [-0.4, -0.2) is 16.1 Å². The molecule has 0 saturated carbocycles. The third-order valence-electron chi connectivity index (χ3n) is 2.48. The van der Waals surface area contributed by atoms with Crippen molar-refractivity contribution < 1.29 is 14.6 Å². The minimum atomic E-state index is -1.05. The van der Waals surface area contributed by atoms with Crippen molar-refractivity contribution in [3.8, 4) is 11.5 Å². The highest BCUT2D eigenvalue weighted by atomic mass is 16.5. The summed E-state index contributed by atoms with van der Waals surface area (Å²) < 4.78 is 5.59. The molecule has 0 saturated heterocycles. The molecule has 0 aliphatic heterocycles. The molecule has 0 bridgehead atoms. The average molecular weight is 243 g/mol. The first kappa shape index (κ1) is 12.1. The van der Waals surface area contributed by atoms with Crippen LogP contribution in [0.3, 0.4) is 0 Å². The van der Waals surface area contributed by atoms with Crippen molar-refractivity contribution >= 4 is 5.97 Å². The maximum atomic E-state index is 11.1. The fourth-order valence-electron chi connectivity index (χ4n) is 1.51. The molecule has 1 aromatic heterocycles. The molecule has 1 aromatic carbocycles. The summed E-state index contributed by atoms with van der Waals surface area (Å²) in [4.78, 5) is 15.0. The molecule has 4 nitrogen and oxygen atoms in total. The van der Waals surface area contributed by atoms with Gasteiger partial charge in [0.2, 0.25) is 0 Å². The SMILES string of the molecule is Cc1ccc(Oc2cc(C)ncc2C(=O)O)cc1. The van der Waals surface area contributed by atoms with Gasteiger partial charge in [-0.3, -0.25) is 4.98 Å². The Morgan fingerprint density at radius 3 is 2.50 bits per heavy atom. The molecule has 2 rings (SSSR count). The van der Waals surface area contributed by atoms with E-state index in [2.05, 4.69) is 4.98 Å². The highest BCUT2D eigenvalue weighted by Crippen LogP contribution is 2.25. The zero-order valence-corrected chi connectivity index (χ0v) is 10.2. The van der Waals surface area contributed by atoms with E-state index in [-0.39, 0.29) is 5.56 Å². The number of aromatic carboxylic acids is 1. The zero-order valence-electron chi connectivity index (χ0n) is 10.2. The number of aromatic nitrogens is 1. The lowest BCUT2D eigenvalue weighted by Crippen LogP contribution is -2.01. The lowest BCUT2D eigenvalue weighted by Gasteiger charge is -2.09. The van der Waals surface area contributed by atoms with Gasteiger partial charge in [-0.1, -0.05) is 17.7 Å². The summed E-state index contributed by atoms with van der Waals surface area (Å²) >= 11 is 0. The predicted molar refractivity (Wildman–Crippen MR) is 67.2 cm³/mol. The molecule has 92 valence electrons. The Kier molecular flexibility index (Phi) is 3.28. The molecule has 1 N–H and O–H groups in total. The van der Waals surface area contributed by atoms with Crippen LogP contribution in [0.25, 0.3) is 0 Å². The molecule has 18 heavy (non-hydrogen) atoms. The molecule has 0 fully saturated rings. The summed E-state index contributed by atoms with van der Waals surface area (Å²) in [6, 6.07) is 9.03. The maximum absolute atomic E-state index is 11.1. The second-order valence-electron chi connectivity index (χ2n) is 4.04. The normalized spacial score (nSPS) is 10.1. The second-order valence-corrected chi connectivity index (χ2v) is 4.04. The first-order chi connectivity index (χ1) is 8.56. The van der Waals surface area contributed by atoms with Gasteiger partial charge in [0.25, 0.3) is 0 Å². The Bertz CT molecular complexity index is 576. The van der Waals surface area contributed by atoms with Crippen molar-refractivity contribution in [2.75, 3.05) is 0 Å². The van der Waals surface area contributed by atoms with Crippen LogP contribution in [0.1, 0.15) is 21.6 Å². The fourth-order valence-corrected chi connectivity index (χ4v) is 1.51. The fraction of sp³-hybridized carbons (Fsp3) is 0.143. The van der Waals surface area contributed by atoms with Crippen LogP contribution in [-0.2, 0) is 0 Å². The van der Waals surface area contributed by atoms with E-state index in [0.717, 1.165) is 5.56 Å². The summed E-state index contributed by atoms with van der Waals surface area (Å²) in [6.45, 7) is 3.76. The highest BCUT2D eigenvalue weighted by molar-refractivity contribution is 5.90. The number of pyridine rings is 1. The van der Waals surface area contributed by atoms with Gasteiger partial charge in [-0.05, 0) is 26.0 Å². The summed E-state index contributed by atoms with van der Waals surface area (Å²) in [5.41, 5.74) is 1.88. The molecule has 4 heteroatoms. The van der Waals surface area contributed by atoms with E-state index in [4.69, 9.17) is 9.84 Å². The Balaban J connectivity index is 2.35. The second kappa shape index (κ2) is 4.87. The van der Waals surface area contributed by atoms with Crippen LogP contribution in [0.2, 0.25) is 0 Å². The Hall–Kier alpha value is -2.36. The first-order valence-corrected chi connectivity index (χ1v) is 5.51. The summed E-state index contributed by atoms with van der Waals surface area (Å²) in [5, 5.41) is 9.06. The third kappa shape index (κ3) is 2.66. The van der Waals surface area contributed by atoms with Crippen LogP contribution in [0.5, 0.6) is 11.5 Å². The maximum Gasteiger partial charge on any atom is 0.341 e. The lowest BCUT2D eigenvalue weighted by atomic mass is 10.2. The standard InChI is InChI=1S/C14H13NO3/c1-9-3-5-11(6-4-9)18-13-7-10(2)15-8-12(13)14(16)17/h3-8H,1-2H3,(H,16,17). The molecule has 0 unspecified atom stereocenters. The molecule has 0 amide bonds. The van der Waals surface area contributed by atoms with Gasteiger partial charge >= 0.3 is 5.97 Å². The van der Waals surface area contributed by atoms with Gasteiger partial charge in [0.15, 0.2) is 0 Å². The van der Waals surface area contributed by atoms with Gasteiger partial charge in [-0.15, -0.1) is 0 Å². The predicted octanol–water partition coefficient (Wildman–Crippen LogP) is 3.19. The number of rotatable bonds is 3. The Labute approximate surface area is 105 Å².